The Morgan fingerprint density at radius 1 is 0.967 bits per heavy atom. The third-order valence-corrected chi connectivity index (χ3v) is 5.95. The molecule has 160 valence electrons. The molecule has 2 amide bonds. The van der Waals surface area contributed by atoms with Crippen molar-refractivity contribution in [3.63, 3.8) is 0 Å². The van der Waals surface area contributed by atoms with E-state index in [0.717, 1.165) is 35.9 Å². The Hall–Kier alpha value is -2.84. The summed E-state index contributed by atoms with van der Waals surface area (Å²) in [5.41, 5.74) is 1.95. The Balaban J connectivity index is 0.00000181. The van der Waals surface area contributed by atoms with E-state index in [-0.39, 0.29) is 8.88 Å². The van der Waals surface area contributed by atoms with Crippen molar-refractivity contribution in [3.8, 4) is 10.6 Å². The van der Waals surface area contributed by atoms with E-state index < -0.39 is 0 Å². The highest BCUT2D eigenvalue weighted by atomic mass is 32.1. The molecule has 1 aliphatic heterocycles. The first-order valence-corrected chi connectivity index (χ1v) is 11.3. The number of carbonyl (C=O) groups is 1. The number of likely N-dealkylation sites (tertiary alicyclic amines) is 1. The molecular weight excluding hydrogens is 396 g/mol. The summed E-state index contributed by atoms with van der Waals surface area (Å²) in [6.07, 6.45) is 9.91. The van der Waals surface area contributed by atoms with Crippen LogP contribution in [0, 0.1) is 0 Å². The molecule has 7 nitrogen and oxygen atoms in total. The van der Waals surface area contributed by atoms with Gasteiger partial charge in [0, 0.05) is 32.7 Å². The molecule has 0 aromatic carbocycles. The van der Waals surface area contributed by atoms with Crippen molar-refractivity contribution >= 4 is 29.0 Å². The number of carbonyl (C=O) groups excluding carboxylic acids is 1. The highest BCUT2D eigenvalue weighted by molar-refractivity contribution is 7.13. The molecule has 30 heavy (non-hydrogen) atoms. The van der Waals surface area contributed by atoms with Crippen LogP contribution in [-0.4, -0.2) is 39.0 Å². The molecule has 4 rings (SSSR count). The van der Waals surface area contributed by atoms with Crippen molar-refractivity contribution in [1.29, 1.82) is 0 Å². The second kappa shape index (κ2) is 10.3. The number of thiazole rings is 1. The third kappa shape index (κ3) is 5.84. The quantitative estimate of drug-likeness (QED) is 0.563. The van der Waals surface area contributed by atoms with Crippen molar-refractivity contribution in [2.45, 2.75) is 38.6 Å². The molecule has 0 radical (unpaired) electrons. The van der Waals surface area contributed by atoms with Crippen molar-refractivity contribution in [1.82, 2.24) is 19.9 Å². The van der Waals surface area contributed by atoms with Crippen LogP contribution in [0.25, 0.3) is 10.6 Å². The Morgan fingerprint density at radius 3 is 2.50 bits per heavy atom. The maximum atomic E-state index is 12.4. The molecule has 1 aliphatic rings. The van der Waals surface area contributed by atoms with Crippen molar-refractivity contribution in [2.75, 3.05) is 23.7 Å². The van der Waals surface area contributed by atoms with Gasteiger partial charge in [-0.3, -0.25) is 20.5 Å². The zero-order chi connectivity index (χ0) is 20.6. The van der Waals surface area contributed by atoms with Crippen molar-refractivity contribution < 1.29 is 7.65 Å². The molecule has 0 atom stereocenters. The van der Waals surface area contributed by atoms with E-state index in [2.05, 4.69) is 30.5 Å². The van der Waals surface area contributed by atoms with Gasteiger partial charge in [-0.2, -0.15) is 0 Å². The number of aromatic nitrogens is 3. The van der Waals surface area contributed by atoms with Gasteiger partial charge >= 0.3 is 6.03 Å². The number of urea groups is 1. The minimum absolute atomic E-state index is 0. The highest BCUT2D eigenvalue weighted by Gasteiger charge is 2.12. The lowest BCUT2D eigenvalue weighted by Gasteiger charge is -2.24. The number of pyridine rings is 2. The average Bonchev–Trinajstić information content (AvgIpc) is 3.19. The lowest BCUT2D eigenvalue weighted by molar-refractivity contribution is 0.237. The Bertz CT molecular complexity index is 964. The topological polar surface area (TPSA) is 83.0 Å². The van der Waals surface area contributed by atoms with E-state index in [0.29, 0.717) is 11.6 Å². The molecule has 0 unspecified atom stereocenters. The lowest BCUT2D eigenvalue weighted by Crippen LogP contribution is -2.27. The van der Waals surface area contributed by atoms with Gasteiger partial charge in [-0.25, -0.2) is 14.8 Å². The maximum absolute atomic E-state index is 12.4. The Morgan fingerprint density at radius 2 is 1.70 bits per heavy atom. The summed E-state index contributed by atoms with van der Waals surface area (Å²) < 4.78 is 0. The van der Waals surface area contributed by atoms with Crippen LogP contribution in [0.15, 0.2) is 48.1 Å². The predicted molar refractivity (Wildman–Crippen MR) is 125 cm³/mol. The molecule has 1 saturated heterocycles. The third-order valence-electron chi connectivity index (χ3n) is 5.06. The first-order valence-electron chi connectivity index (χ1n) is 10.4. The number of anilines is 2. The zero-order valence-electron chi connectivity index (χ0n) is 16.9. The predicted octanol–water partition coefficient (Wildman–Crippen LogP) is 5.50. The van der Waals surface area contributed by atoms with Crippen LogP contribution >= 0.6 is 11.3 Å². The van der Waals surface area contributed by atoms with Gasteiger partial charge in [0.05, 0.1) is 5.69 Å². The van der Waals surface area contributed by atoms with Gasteiger partial charge in [-0.05, 0) is 50.2 Å². The molecule has 3 aromatic heterocycles. The Labute approximate surface area is 183 Å². The maximum Gasteiger partial charge on any atom is 0.326 e. The fraction of sp³-hybridized carbons (Fsp3) is 0.364. The molecular formula is C22H30N6OS. The van der Waals surface area contributed by atoms with Crippen LogP contribution in [0.5, 0.6) is 0 Å². The fourth-order valence-corrected chi connectivity index (χ4v) is 4.32. The summed E-state index contributed by atoms with van der Waals surface area (Å²) in [6, 6.07) is 9.20. The summed E-state index contributed by atoms with van der Waals surface area (Å²) >= 11 is 1.47. The molecule has 2 N–H and O–H groups in total. The van der Waals surface area contributed by atoms with Gasteiger partial charge in [0.2, 0.25) is 0 Å². The average molecular weight is 427 g/mol. The number of rotatable bonds is 5. The number of nitrogens with one attached hydrogen (secondary N) is 2. The summed E-state index contributed by atoms with van der Waals surface area (Å²) in [6.45, 7) is 3.05. The van der Waals surface area contributed by atoms with Gasteiger partial charge < -0.3 is 0 Å². The van der Waals surface area contributed by atoms with E-state index >= 15 is 0 Å². The van der Waals surface area contributed by atoms with Crippen LogP contribution in [-0.2, 0) is 6.54 Å². The first kappa shape index (κ1) is 20.4. The van der Waals surface area contributed by atoms with Crippen LogP contribution in [0.1, 0.15) is 40.7 Å². The zero-order valence-corrected chi connectivity index (χ0v) is 17.7. The summed E-state index contributed by atoms with van der Waals surface area (Å²) in [5, 5.41) is 8.25. The second-order valence-corrected chi connectivity index (χ2v) is 8.27. The molecule has 0 aliphatic carbocycles. The second-order valence-electron chi connectivity index (χ2n) is 7.41. The van der Waals surface area contributed by atoms with E-state index in [1.54, 1.807) is 18.5 Å². The van der Waals surface area contributed by atoms with Gasteiger partial charge in [0.15, 0.2) is 0 Å². The number of amides is 2. The van der Waals surface area contributed by atoms with Crippen molar-refractivity contribution in [2.24, 2.45) is 0 Å². The lowest BCUT2D eigenvalue weighted by atomic mass is 10.1. The van der Waals surface area contributed by atoms with E-state index in [9.17, 15) is 4.79 Å². The van der Waals surface area contributed by atoms with Gasteiger partial charge in [-0.1, -0.05) is 25.3 Å². The van der Waals surface area contributed by atoms with Crippen LogP contribution in [0.3, 0.4) is 0 Å². The number of hydrogen-bond acceptors (Lipinski definition) is 6. The number of nitrogens with zero attached hydrogens (tertiary/aromatic N) is 4. The van der Waals surface area contributed by atoms with E-state index in [4.69, 9.17) is 0 Å². The molecule has 0 saturated carbocycles. The smallest absolute Gasteiger partial charge is 0.298 e. The minimum Gasteiger partial charge on any atom is -0.298 e. The van der Waals surface area contributed by atoms with E-state index in [1.807, 2.05) is 29.6 Å². The SMILES string of the molecule is O=C(Nc1cccc(CN2CCCCCCC2)n1)Nc1csc(-c2ccncc2)n1.[HH].[HH]. The highest BCUT2D eigenvalue weighted by Crippen LogP contribution is 2.25. The normalized spacial score (nSPS) is 15.2. The standard InChI is InChI=1S/C22H26N6OS.2H2/c29-22(27-20-16-30-21(25-20)17-9-11-23-12-10-17)26-19-8-6-7-18(24-19)15-28-13-4-2-1-3-5-14-28;;/h6-12,16H,1-5,13-15H2,(H2,24,26,27,29);2*1H. The summed E-state index contributed by atoms with van der Waals surface area (Å²) in [5.74, 6) is 1.06. The van der Waals surface area contributed by atoms with Gasteiger partial charge in [-0.15, -0.1) is 11.3 Å². The van der Waals surface area contributed by atoms with Gasteiger partial charge in [0.1, 0.15) is 16.6 Å². The van der Waals surface area contributed by atoms with Gasteiger partial charge in [0.25, 0.3) is 0 Å². The van der Waals surface area contributed by atoms with Crippen molar-refractivity contribution in [3.05, 3.63) is 53.8 Å². The molecule has 1 fully saturated rings. The molecule has 0 spiro atoms. The first-order chi connectivity index (χ1) is 14.8. The Kier molecular flexibility index (Phi) is 6.99. The molecule has 3 aromatic rings. The summed E-state index contributed by atoms with van der Waals surface area (Å²) in [7, 11) is 0. The van der Waals surface area contributed by atoms with Crippen LogP contribution < -0.4 is 10.6 Å². The number of hydrogen-bond donors (Lipinski definition) is 2. The minimum atomic E-state index is -0.350. The molecule has 4 heterocycles. The van der Waals surface area contributed by atoms with Crippen LogP contribution in [0.4, 0.5) is 16.4 Å². The monoisotopic (exact) mass is 426 g/mol. The largest absolute Gasteiger partial charge is 0.326 e. The fourth-order valence-electron chi connectivity index (χ4n) is 3.56. The molecule has 8 heteroatoms. The van der Waals surface area contributed by atoms with E-state index in [1.165, 1.54) is 43.4 Å². The molecule has 0 bridgehead atoms. The van der Waals surface area contributed by atoms with Crippen LogP contribution in [0.2, 0.25) is 0 Å². The summed E-state index contributed by atoms with van der Waals surface area (Å²) in [4.78, 5) is 27.9.